The lowest BCUT2D eigenvalue weighted by Crippen LogP contribution is -2.46. The summed E-state index contributed by atoms with van der Waals surface area (Å²) in [5, 5.41) is 7.44. The SMILES string of the molecule is CC(C)(C)C.CC(C)(C)C.NC1=NCCCN1.O=C1CCNC(=O)N1. The molecule has 3 amide bonds. The van der Waals surface area contributed by atoms with Crippen molar-refractivity contribution in [2.24, 2.45) is 21.6 Å². The van der Waals surface area contributed by atoms with Gasteiger partial charge in [0.05, 0.1) is 0 Å². The number of urea groups is 1. The van der Waals surface area contributed by atoms with Crippen molar-refractivity contribution in [2.45, 2.75) is 68.2 Å². The van der Waals surface area contributed by atoms with Gasteiger partial charge in [-0.3, -0.25) is 15.1 Å². The molecule has 25 heavy (non-hydrogen) atoms. The number of amides is 3. The van der Waals surface area contributed by atoms with Crippen molar-refractivity contribution >= 4 is 17.9 Å². The third-order valence-electron chi connectivity index (χ3n) is 1.81. The quantitative estimate of drug-likeness (QED) is 0.534. The van der Waals surface area contributed by atoms with Crippen LogP contribution >= 0.6 is 0 Å². The van der Waals surface area contributed by atoms with Crippen LogP contribution in [-0.2, 0) is 4.79 Å². The van der Waals surface area contributed by atoms with Crippen molar-refractivity contribution in [3.05, 3.63) is 0 Å². The maximum atomic E-state index is 10.3. The van der Waals surface area contributed by atoms with Gasteiger partial charge in [0.25, 0.3) is 0 Å². The molecule has 0 aromatic heterocycles. The molecule has 7 heteroatoms. The molecule has 148 valence electrons. The highest BCUT2D eigenvalue weighted by Gasteiger charge is 2.11. The molecule has 0 aromatic carbocycles. The number of hydrogen-bond donors (Lipinski definition) is 4. The first-order valence-corrected chi connectivity index (χ1v) is 8.80. The van der Waals surface area contributed by atoms with Crippen LogP contribution in [0, 0.1) is 10.8 Å². The van der Waals surface area contributed by atoms with E-state index in [2.05, 4.69) is 76.3 Å². The predicted molar refractivity (Wildman–Crippen MR) is 106 cm³/mol. The number of nitrogens with two attached hydrogens (primary N) is 1. The maximum absolute atomic E-state index is 10.3. The lowest BCUT2D eigenvalue weighted by atomic mass is 10.0. The fourth-order valence-electron chi connectivity index (χ4n) is 1.07. The molecule has 0 unspecified atom stereocenters. The molecular weight excluding hydrogens is 318 g/mol. The molecule has 0 radical (unpaired) electrons. The predicted octanol–water partition coefficient (Wildman–Crippen LogP) is 2.62. The summed E-state index contributed by atoms with van der Waals surface area (Å²) in [5.74, 6) is 0.389. The van der Waals surface area contributed by atoms with Gasteiger partial charge in [-0.1, -0.05) is 55.4 Å². The molecule has 7 nitrogen and oxygen atoms in total. The van der Waals surface area contributed by atoms with E-state index in [4.69, 9.17) is 5.73 Å². The molecule has 0 aliphatic carbocycles. The average molecular weight is 358 g/mol. The van der Waals surface area contributed by atoms with Gasteiger partial charge in [-0.2, -0.15) is 0 Å². The van der Waals surface area contributed by atoms with Crippen molar-refractivity contribution < 1.29 is 9.59 Å². The first-order valence-electron chi connectivity index (χ1n) is 8.80. The fraction of sp³-hybridized carbons (Fsp3) is 0.833. The minimum atomic E-state index is -0.388. The van der Waals surface area contributed by atoms with Crippen LogP contribution in [0.3, 0.4) is 0 Å². The smallest absolute Gasteiger partial charge is 0.321 e. The first-order chi connectivity index (χ1) is 11.2. The minimum Gasteiger partial charge on any atom is -0.370 e. The highest BCUT2D eigenvalue weighted by atomic mass is 16.2. The third kappa shape index (κ3) is 34.5. The van der Waals surface area contributed by atoms with Gasteiger partial charge in [-0.05, 0) is 17.3 Å². The van der Waals surface area contributed by atoms with Gasteiger partial charge in [0.1, 0.15) is 0 Å². The molecule has 1 fully saturated rings. The fourth-order valence-corrected chi connectivity index (χ4v) is 1.07. The normalized spacial score (nSPS) is 16.7. The topological polar surface area (TPSA) is 109 Å². The summed E-state index contributed by atoms with van der Waals surface area (Å²) in [6.07, 6.45) is 1.51. The summed E-state index contributed by atoms with van der Waals surface area (Å²) in [6.45, 7) is 19.8. The molecule has 2 rings (SSSR count). The Morgan fingerprint density at radius 1 is 0.880 bits per heavy atom. The number of carbonyl (C=O) groups is 2. The van der Waals surface area contributed by atoms with E-state index in [1.54, 1.807) is 0 Å². The van der Waals surface area contributed by atoms with E-state index < -0.39 is 0 Å². The summed E-state index contributed by atoms with van der Waals surface area (Å²) < 4.78 is 0. The van der Waals surface area contributed by atoms with E-state index in [1.807, 2.05) is 0 Å². The second-order valence-electron chi connectivity index (χ2n) is 9.10. The lowest BCUT2D eigenvalue weighted by Gasteiger charge is -2.10. The lowest BCUT2D eigenvalue weighted by molar-refractivity contribution is -0.120. The molecule has 5 N–H and O–H groups in total. The zero-order valence-electron chi connectivity index (χ0n) is 17.4. The summed E-state index contributed by atoms with van der Waals surface area (Å²) >= 11 is 0. The van der Waals surface area contributed by atoms with Crippen LogP contribution < -0.4 is 21.7 Å². The van der Waals surface area contributed by atoms with Crippen LogP contribution in [0.4, 0.5) is 4.79 Å². The van der Waals surface area contributed by atoms with Crippen LogP contribution in [0.1, 0.15) is 68.2 Å². The molecule has 2 heterocycles. The second kappa shape index (κ2) is 12.6. The van der Waals surface area contributed by atoms with E-state index in [1.165, 1.54) is 0 Å². The Morgan fingerprint density at radius 3 is 1.56 bits per heavy atom. The minimum absolute atomic E-state index is 0.200. The summed E-state index contributed by atoms with van der Waals surface area (Å²) in [5.41, 5.74) is 6.27. The van der Waals surface area contributed by atoms with Gasteiger partial charge in [0.2, 0.25) is 5.91 Å². The van der Waals surface area contributed by atoms with E-state index in [0.29, 0.717) is 29.8 Å². The number of aliphatic imine (C=N–C) groups is 1. The largest absolute Gasteiger partial charge is 0.370 e. The number of nitrogens with zero attached hydrogens (tertiary/aromatic N) is 1. The van der Waals surface area contributed by atoms with E-state index in [0.717, 1.165) is 19.5 Å². The number of hydrogen-bond acceptors (Lipinski definition) is 5. The Morgan fingerprint density at radius 2 is 1.36 bits per heavy atom. The Balaban J connectivity index is 0. The van der Waals surface area contributed by atoms with Crippen LogP contribution in [-0.4, -0.2) is 37.5 Å². The highest BCUT2D eigenvalue weighted by molar-refractivity contribution is 5.96. The van der Waals surface area contributed by atoms with Gasteiger partial charge in [-0.15, -0.1) is 0 Å². The number of carbonyl (C=O) groups excluding carboxylic acids is 2. The molecule has 0 atom stereocenters. The number of rotatable bonds is 0. The monoisotopic (exact) mass is 357 g/mol. The van der Waals surface area contributed by atoms with Gasteiger partial charge < -0.3 is 16.4 Å². The zero-order valence-corrected chi connectivity index (χ0v) is 17.4. The molecule has 2 aliphatic rings. The standard InChI is InChI=1S/2C5H12.C4H9N3.C4H6N2O2/c2*1-5(2,3)4;5-4-6-2-1-3-7-4;7-3-1-2-5-4(8)6-3/h2*1-4H3;1-3H2,(H3,5,6,7);1-2H2,(H2,5,6,7,8). The molecule has 0 spiro atoms. The van der Waals surface area contributed by atoms with Crippen molar-refractivity contribution in [1.82, 2.24) is 16.0 Å². The van der Waals surface area contributed by atoms with Crippen LogP contribution in [0.15, 0.2) is 4.99 Å². The van der Waals surface area contributed by atoms with Crippen molar-refractivity contribution in [2.75, 3.05) is 19.6 Å². The van der Waals surface area contributed by atoms with Crippen LogP contribution in [0.25, 0.3) is 0 Å². The number of guanidine groups is 1. The highest BCUT2D eigenvalue weighted by Crippen LogP contribution is 2.08. The zero-order chi connectivity index (χ0) is 20.1. The van der Waals surface area contributed by atoms with Crippen molar-refractivity contribution in [3.63, 3.8) is 0 Å². The Labute approximate surface area is 153 Å². The van der Waals surface area contributed by atoms with Gasteiger partial charge >= 0.3 is 6.03 Å². The van der Waals surface area contributed by atoms with Gasteiger partial charge in [0, 0.05) is 26.1 Å². The van der Waals surface area contributed by atoms with Crippen molar-refractivity contribution in [1.29, 1.82) is 0 Å². The van der Waals surface area contributed by atoms with Gasteiger partial charge in [0.15, 0.2) is 5.96 Å². The molecule has 0 bridgehead atoms. The van der Waals surface area contributed by atoms with E-state index in [9.17, 15) is 9.59 Å². The van der Waals surface area contributed by atoms with E-state index >= 15 is 0 Å². The Kier molecular flexibility index (Phi) is 12.8. The summed E-state index contributed by atoms with van der Waals surface area (Å²) in [7, 11) is 0. The van der Waals surface area contributed by atoms with Crippen LogP contribution in [0.5, 0.6) is 0 Å². The Bertz CT molecular complexity index is 382. The average Bonchev–Trinajstić information content (AvgIpc) is 2.36. The third-order valence-corrected chi connectivity index (χ3v) is 1.81. The molecule has 0 aromatic rings. The summed E-state index contributed by atoms with van der Waals surface area (Å²) in [4.78, 5) is 24.4. The molecule has 0 saturated carbocycles. The second-order valence-corrected chi connectivity index (χ2v) is 9.10. The molecule has 2 aliphatic heterocycles. The van der Waals surface area contributed by atoms with Gasteiger partial charge in [-0.25, -0.2) is 4.79 Å². The van der Waals surface area contributed by atoms with E-state index in [-0.39, 0.29) is 11.9 Å². The first kappa shape index (κ1) is 25.5. The summed E-state index contributed by atoms with van der Waals surface area (Å²) in [6, 6.07) is -0.388. The van der Waals surface area contributed by atoms with Crippen molar-refractivity contribution in [3.8, 4) is 0 Å². The molecular formula is C18H39N5O2. The molecule has 1 saturated heterocycles. The number of nitrogens with one attached hydrogen (secondary N) is 3. The van der Waals surface area contributed by atoms with Crippen LogP contribution in [0.2, 0.25) is 0 Å². The maximum Gasteiger partial charge on any atom is 0.321 e. The number of imide groups is 1. The Hall–Kier alpha value is -1.79.